The van der Waals surface area contributed by atoms with Crippen molar-refractivity contribution in [2.75, 3.05) is 13.1 Å². The molecule has 0 saturated heterocycles. The van der Waals surface area contributed by atoms with Crippen LogP contribution in [0.15, 0.2) is 0 Å². The molecule has 4 nitrogen and oxygen atoms in total. The molecule has 1 amide bonds. The van der Waals surface area contributed by atoms with Crippen molar-refractivity contribution in [1.82, 2.24) is 10.2 Å². The summed E-state index contributed by atoms with van der Waals surface area (Å²) in [6.45, 7) is 10.3. The maximum atomic E-state index is 11.9. The van der Waals surface area contributed by atoms with E-state index in [-0.39, 0.29) is 11.9 Å². The van der Waals surface area contributed by atoms with Crippen molar-refractivity contribution in [3.8, 4) is 0 Å². The Kier molecular flexibility index (Phi) is 6.09. The van der Waals surface area contributed by atoms with Crippen molar-refractivity contribution in [1.29, 1.82) is 0 Å². The Morgan fingerprint density at radius 1 is 1.33 bits per heavy atom. The van der Waals surface area contributed by atoms with Gasteiger partial charge >= 0.3 is 0 Å². The Labute approximate surface area is 111 Å². The lowest BCUT2D eigenvalue weighted by atomic mass is 10.1. The fourth-order valence-corrected chi connectivity index (χ4v) is 2.27. The average Bonchev–Trinajstić information content (AvgIpc) is 3.06. The van der Waals surface area contributed by atoms with Gasteiger partial charge in [0.25, 0.3) is 0 Å². The van der Waals surface area contributed by atoms with Crippen LogP contribution in [0.1, 0.15) is 47.0 Å². The molecule has 4 heteroatoms. The van der Waals surface area contributed by atoms with Gasteiger partial charge in [0.05, 0.1) is 0 Å². The lowest BCUT2D eigenvalue weighted by molar-refractivity contribution is -0.122. The van der Waals surface area contributed by atoms with Crippen LogP contribution in [0.3, 0.4) is 0 Å². The number of nitrogens with zero attached hydrogens (tertiary/aromatic N) is 1. The molecule has 3 N–H and O–H groups in total. The summed E-state index contributed by atoms with van der Waals surface area (Å²) in [4.78, 5) is 14.2. The molecule has 0 spiro atoms. The van der Waals surface area contributed by atoms with Gasteiger partial charge in [0.15, 0.2) is 0 Å². The standard InChI is InChI=1S/C14H29N3O/c1-10(2)9-17(11(3)4)13(8-15)7-14(18)16-12-5-6-12/h10-13H,5-9,15H2,1-4H3,(H,16,18). The van der Waals surface area contributed by atoms with E-state index in [1.807, 2.05) is 0 Å². The monoisotopic (exact) mass is 255 g/mol. The first-order valence-electron chi connectivity index (χ1n) is 7.19. The van der Waals surface area contributed by atoms with E-state index in [0.717, 1.165) is 19.4 Å². The molecule has 0 bridgehead atoms. The van der Waals surface area contributed by atoms with Crippen LogP contribution in [0.25, 0.3) is 0 Å². The van der Waals surface area contributed by atoms with Crippen molar-refractivity contribution < 1.29 is 4.79 Å². The van der Waals surface area contributed by atoms with Gasteiger partial charge in [-0.05, 0) is 32.6 Å². The second-order valence-electron chi connectivity index (χ2n) is 6.12. The Morgan fingerprint density at radius 3 is 2.33 bits per heavy atom. The molecular weight excluding hydrogens is 226 g/mol. The highest BCUT2D eigenvalue weighted by atomic mass is 16.1. The zero-order valence-corrected chi connectivity index (χ0v) is 12.3. The summed E-state index contributed by atoms with van der Waals surface area (Å²) in [5, 5.41) is 3.04. The molecule has 0 aromatic carbocycles. The van der Waals surface area contributed by atoms with Crippen LogP contribution in [0.2, 0.25) is 0 Å². The number of hydrogen-bond acceptors (Lipinski definition) is 3. The number of rotatable bonds is 8. The minimum Gasteiger partial charge on any atom is -0.353 e. The molecule has 1 saturated carbocycles. The molecule has 0 aromatic heterocycles. The van der Waals surface area contributed by atoms with E-state index in [4.69, 9.17) is 5.73 Å². The van der Waals surface area contributed by atoms with E-state index in [9.17, 15) is 4.79 Å². The normalized spacial score (nSPS) is 17.6. The predicted octanol–water partition coefficient (Wildman–Crippen LogP) is 1.35. The van der Waals surface area contributed by atoms with Gasteiger partial charge in [0.1, 0.15) is 0 Å². The summed E-state index contributed by atoms with van der Waals surface area (Å²) in [5.41, 5.74) is 5.86. The first kappa shape index (κ1) is 15.4. The van der Waals surface area contributed by atoms with Crippen LogP contribution >= 0.6 is 0 Å². The number of nitrogens with two attached hydrogens (primary N) is 1. The Balaban J connectivity index is 2.50. The molecule has 1 unspecified atom stereocenters. The third kappa shape index (κ3) is 5.36. The highest BCUT2D eigenvalue weighted by Gasteiger charge is 2.27. The first-order chi connectivity index (χ1) is 8.43. The maximum absolute atomic E-state index is 11.9. The van der Waals surface area contributed by atoms with Gasteiger partial charge in [0, 0.05) is 37.6 Å². The van der Waals surface area contributed by atoms with E-state index in [0.29, 0.717) is 31.0 Å². The maximum Gasteiger partial charge on any atom is 0.221 e. The fourth-order valence-electron chi connectivity index (χ4n) is 2.27. The fraction of sp³-hybridized carbons (Fsp3) is 0.929. The Morgan fingerprint density at radius 2 is 1.94 bits per heavy atom. The second kappa shape index (κ2) is 7.10. The van der Waals surface area contributed by atoms with Gasteiger partial charge in [-0.3, -0.25) is 9.69 Å². The van der Waals surface area contributed by atoms with Gasteiger partial charge in [-0.1, -0.05) is 13.8 Å². The molecule has 1 aliphatic carbocycles. The number of nitrogens with one attached hydrogen (secondary N) is 1. The largest absolute Gasteiger partial charge is 0.353 e. The number of hydrogen-bond donors (Lipinski definition) is 2. The van der Waals surface area contributed by atoms with Crippen molar-refractivity contribution in [3.05, 3.63) is 0 Å². The molecule has 0 radical (unpaired) electrons. The van der Waals surface area contributed by atoms with Crippen LogP contribution < -0.4 is 11.1 Å². The van der Waals surface area contributed by atoms with Crippen molar-refractivity contribution in [2.24, 2.45) is 11.7 Å². The summed E-state index contributed by atoms with van der Waals surface area (Å²) in [5.74, 6) is 0.746. The van der Waals surface area contributed by atoms with Gasteiger partial charge < -0.3 is 11.1 Å². The Bertz CT molecular complexity index is 262. The first-order valence-corrected chi connectivity index (χ1v) is 7.19. The topological polar surface area (TPSA) is 58.4 Å². The SMILES string of the molecule is CC(C)CN(C(C)C)C(CN)CC(=O)NC1CC1. The minimum atomic E-state index is 0.155. The van der Waals surface area contributed by atoms with E-state index in [1.165, 1.54) is 0 Å². The highest BCUT2D eigenvalue weighted by Crippen LogP contribution is 2.19. The van der Waals surface area contributed by atoms with Gasteiger partial charge in [0.2, 0.25) is 5.91 Å². The summed E-state index contributed by atoms with van der Waals surface area (Å²) in [6, 6.07) is 1.02. The zero-order chi connectivity index (χ0) is 13.7. The summed E-state index contributed by atoms with van der Waals surface area (Å²) in [7, 11) is 0. The average molecular weight is 255 g/mol. The lowest BCUT2D eigenvalue weighted by Crippen LogP contribution is -2.48. The lowest BCUT2D eigenvalue weighted by Gasteiger charge is -2.35. The predicted molar refractivity (Wildman–Crippen MR) is 75.3 cm³/mol. The molecule has 0 aromatic rings. The zero-order valence-electron chi connectivity index (χ0n) is 12.3. The van der Waals surface area contributed by atoms with E-state index in [2.05, 4.69) is 37.9 Å². The Hall–Kier alpha value is -0.610. The second-order valence-corrected chi connectivity index (χ2v) is 6.12. The van der Waals surface area contributed by atoms with Crippen molar-refractivity contribution in [2.45, 2.75) is 65.1 Å². The molecule has 1 rings (SSSR count). The molecule has 0 aliphatic heterocycles. The molecule has 1 atom stereocenters. The highest BCUT2D eigenvalue weighted by molar-refractivity contribution is 5.77. The summed E-state index contributed by atoms with van der Waals surface area (Å²) in [6.07, 6.45) is 2.80. The summed E-state index contributed by atoms with van der Waals surface area (Å²) >= 11 is 0. The van der Waals surface area contributed by atoms with Crippen LogP contribution in [-0.2, 0) is 4.79 Å². The summed E-state index contributed by atoms with van der Waals surface area (Å²) < 4.78 is 0. The van der Waals surface area contributed by atoms with Gasteiger partial charge in [-0.15, -0.1) is 0 Å². The molecular formula is C14H29N3O. The quantitative estimate of drug-likeness (QED) is 0.688. The molecule has 106 valence electrons. The third-order valence-corrected chi connectivity index (χ3v) is 3.34. The van der Waals surface area contributed by atoms with Gasteiger partial charge in [-0.25, -0.2) is 0 Å². The van der Waals surface area contributed by atoms with Gasteiger partial charge in [-0.2, -0.15) is 0 Å². The molecule has 1 fully saturated rings. The third-order valence-electron chi connectivity index (χ3n) is 3.34. The number of carbonyl (C=O) groups excluding carboxylic acids is 1. The number of amides is 1. The van der Waals surface area contributed by atoms with Crippen molar-refractivity contribution in [3.63, 3.8) is 0 Å². The minimum absolute atomic E-state index is 0.155. The van der Waals surface area contributed by atoms with Crippen LogP contribution in [0, 0.1) is 5.92 Å². The smallest absolute Gasteiger partial charge is 0.221 e. The van der Waals surface area contributed by atoms with E-state index < -0.39 is 0 Å². The van der Waals surface area contributed by atoms with Crippen LogP contribution in [0.4, 0.5) is 0 Å². The van der Waals surface area contributed by atoms with Crippen LogP contribution in [0.5, 0.6) is 0 Å². The number of carbonyl (C=O) groups is 1. The van der Waals surface area contributed by atoms with Crippen LogP contribution in [-0.4, -0.2) is 42.0 Å². The molecule has 1 aliphatic rings. The van der Waals surface area contributed by atoms with E-state index in [1.54, 1.807) is 0 Å². The van der Waals surface area contributed by atoms with E-state index >= 15 is 0 Å². The molecule has 0 heterocycles. The van der Waals surface area contributed by atoms with Crippen molar-refractivity contribution >= 4 is 5.91 Å². The molecule has 18 heavy (non-hydrogen) atoms.